The fraction of sp³-hybridized carbons (Fsp3) is 0.545. The van der Waals surface area contributed by atoms with Crippen molar-refractivity contribution < 1.29 is 62.6 Å². The molecule has 2 saturated heterocycles. The number of hydrogen-bond donors (Lipinski definition) is 2. The van der Waals surface area contributed by atoms with Crippen LogP contribution in [0, 0.1) is 0 Å². The van der Waals surface area contributed by atoms with Crippen LogP contribution in [0.3, 0.4) is 0 Å². The Bertz CT molecular complexity index is 850. The normalized spacial score (nSPS) is 34.5. The van der Waals surface area contributed by atoms with Gasteiger partial charge in [0.05, 0.1) is 13.7 Å². The monoisotopic (exact) mass is 381 g/mol. The zero-order valence-corrected chi connectivity index (χ0v) is 16.2. The zero-order valence-electron chi connectivity index (χ0n) is 13.3. The summed E-state index contributed by atoms with van der Waals surface area (Å²) in [5, 5.41) is 10.5. The molecule has 25 heavy (non-hydrogen) atoms. The summed E-state index contributed by atoms with van der Waals surface area (Å²) in [5.74, 6) is 0.130. The average molecular weight is 381 g/mol. The number of aliphatic hydroxyl groups excluding tert-OH is 1. The predicted molar refractivity (Wildman–Crippen MR) is 74.6 cm³/mol. The van der Waals surface area contributed by atoms with E-state index in [2.05, 4.69) is 19.5 Å². The van der Waals surface area contributed by atoms with Gasteiger partial charge < -0.3 is 34.3 Å². The molecule has 12 nitrogen and oxygen atoms in total. The van der Waals surface area contributed by atoms with Crippen molar-refractivity contribution in [2.24, 2.45) is 0 Å². The van der Waals surface area contributed by atoms with Gasteiger partial charge in [-0.1, -0.05) is 0 Å². The third kappa shape index (κ3) is 3.07. The van der Waals surface area contributed by atoms with E-state index in [0.717, 1.165) is 0 Å². The predicted octanol–water partition coefficient (Wildman–Crippen LogP) is -4.44. The number of imidazole rings is 1. The molecule has 2 aromatic rings. The molecule has 5 atom stereocenters. The Morgan fingerprint density at radius 1 is 1.52 bits per heavy atom. The van der Waals surface area contributed by atoms with E-state index in [1.165, 1.54) is 18.0 Å². The van der Waals surface area contributed by atoms with E-state index in [9.17, 15) is 14.6 Å². The number of hydrogen-bond acceptors (Lipinski definition) is 11. The summed E-state index contributed by atoms with van der Waals surface area (Å²) in [6.07, 6.45) is -3.01. The number of phosphoric acid groups is 1. The van der Waals surface area contributed by atoms with Crippen LogP contribution in [0.15, 0.2) is 6.33 Å². The Hall–Kier alpha value is -0.820. The topological polar surface area (TPSA) is 167 Å². The third-order valence-electron chi connectivity index (χ3n) is 3.87. The van der Waals surface area contributed by atoms with Crippen molar-refractivity contribution in [1.29, 1.82) is 0 Å². The molecule has 0 bridgehead atoms. The molecule has 3 N–H and O–H groups in total. The van der Waals surface area contributed by atoms with Crippen LogP contribution in [0.2, 0.25) is 0 Å². The number of nitrogen functional groups attached to an aromatic ring is 1. The number of aromatic nitrogens is 4. The van der Waals surface area contributed by atoms with Crippen LogP contribution in [0.4, 0.5) is 5.82 Å². The number of nitrogens with zero attached hydrogens (tertiary/aromatic N) is 4. The van der Waals surface area contributed by atoms with Gasteiger partial charge in [-0.05, 0) is 0 Å². The van der Waals surface area contributed by atoms with Crippen LogP contribution in [-0.4, -0.2) is 56.7 Å². The van der Waals surface area contributed by atoms with Crippen molar-refractivity contribution in [3.63, 3.8) is 0 Å². The van der Waals surface area contributed by atoms with Crippen LogP contribution >= 0.6 is 7.82 Å². The number of methoxy groups -OCH3 is 1. The summed E-state index contributed by atoms with van der Waals surface area (Å²) in [5.41, 5.74) is 6.31. The molecule has 14 heteroatoms. The van der Waals surface area contributed by atoms with E-state index >= 15 is 0 Å². The van der Waals surface area contributed by atoms with E-state index in [1.807, 2.05) is 0 Å². The molecule has 2 aliphatic heterocycles. The molecule has 0 spiro atoms. The number of phosphoric ester groups is 1. The van der Waals surface area contributed by atoms with E-state index in [1.54, 1.807) is 0 Å². The summed E-state index contributed by atoms with van der Waals surface area (Å²) in [6.45, 7) is -0.259. The first-order valence-electron chi connectivity index (χ1n) is 6.91. The summed E-state index contributed by atoms with van der Waals surface area (Å²) >= 11 is 0. The second-order valence-corrected chi connectivity index (χ2v) is 6.63. The second-order valence-electron chi connectivity index (χ2n) is 5.27. The summed E-state index contributed by atoms with van der Waals surface area (Å²) in [4.78, 5) is 23.5. The molecule has 4 rings (SSSR count). The van der Waals surface area contributed by atoms with Gasteiger partial charge in [0.1, 0.15) is 24.6 Å². The van der Waals surface area contributed by atoms with Crippen molar-refractivity contribution in [1.82, 2.24) is 19.5 Å². The first-order chi connectivity index (χ1) is 11.4. The number of nitrogens with two attached hydrogens (primary N) is 1. The van der Waals surface area contributed by atoms with E-state index in [-0.39, 0.29) is 59.2 Å². The van der Waals surface area contributed by atoms with Crippen LogP contribution in [0.1, 0.15) is 6.23 Å². The Morgan fingerprint density at radius 3 is 3.00 bits per heavy atom. The molecule has 130 valence electrons. The van der Waals surface area contributed by atoms with E-state index in [0.29, 0.717) is 0 Å². The number of fused-ring (bicyclic) bond motifs is 2. The van der Waals surface area contributed by atoms with Crippen molar-refractivity contribution in [2.45, 2.75) is 24.5 Å². The molecule has 0 aliphatic carbocycles. The first kappa shape index (κ1) is 19.0. The van der Waals surface area contributed by atoms with Gasteiger partial charge in [0, 0.05) is 0 Å². The van der Waals surface area contributed by atoms with Crippen molar-refractivity contribution in [3.8, 4) is 6.01 Å². The fourth-order valence-corrected chi connectivity index (χ4v) is 3.77. The van der Waals surface area contributed by atoms with E-state index < -0.39 is 32.4 Å². The van der Waals surface area contributed by atoms with Crippen molar-refractivity contribution >= 4 is 24.8 Å². The maximum absolute atomic E-state index is 11.4. The van der Waals surface area contributed by atoms with Gasteiger partial charge in [-0.25, -0.2) is 14.5 Å². The Labute approximate surface area is 163 Å². The van der Waals surface area contributed by atoms with Crippen LogP contribution in [0.5, 0.6) is 6.01 Å². The molecule has 2 fully saturated rings. The molecular weight excluding hydrogens is 368 g/mol. The SMILES string of the molecule is COc1nc2c(N)ncnc2n1[C@@H]1O[C@@H]2COP(=O)([O-])O[C@H]2[C@H]1O.[Na+]. The van der Waals surface area contributed by atoms with Crippen molar-refractivity contribution in [2.75, 3.05) is 19.5 Å². The Balaban J connectivity index is 0.00000182. The fourth-order valence-electron chi connectivity index (χ4n) is 2.82. The van der Waals surface area contributed by atoms with Gasteiger partial charge in [-0.2, -0.15) is 4.98 Å². The third-order valence-corrected chi connectivity index (χ3v) is 4.83. The molecule has 0 amide bonds. The van der Waals surface area contributed by atoms with Gasteiger partial charge in [0.25, 0.3) is 7.82 Å². The molecule has 1 unspecified atom stereocenters. The van der Waals surface area contributed by atoms with Crippen LogP contribution < -0.4 is 44.9 Å². The molecule has 4 heterocycles. The van der Waals surface area contributed by atoms with Gasteiger partial charge in [0.15, 0.2) is 23.2 Å². The Morgan fingerprint density at radius 2 is 2.28 bits per heavy atom. The van der Waals surface area contributed by atoms with Crippen LogP contribution in [0.25, 0.3) is 11.2 Å². The molecule has 2 aromatic heterocycles. The first-order valence-corrected chi connectivity index (χ1v) is 8.37. The summed E-state index contributed by atoms with van der Waals surface area (Å²) in [6, 6.07) is 0.0751. The molecule has 0 radical (unpaired) electrons. The molecular formula is C11H13N5NaO7P. The maximum Gasteiger partial charge on any atom is 1.00 e. The zero-order chi connectivity index (χ0) is 17.1. The van der Waals surface area contributed by atoms with E-state index in [4.69, 9.17) is 19.7 Å². The Kier molecular flexibility index (Phi) is 5.10. The number of ether oxygens (including phenoxy) is 2. The van der Waals surface area contributed by atoms with Gasteiger partial charge in [0.2, 0.25) is 0 Å². The van der Waals surface area contributed by atoms with Crippen molar-refractivity contribution in [3.05, 3.63) is 6.33 Å². The maximum atomic E-state index is 11.4. The minimum absolute atomic E-state index is 0. The smallest absolute Gasteiger partial charge is 0.756 e. The standard InChI is InChI=1S/C11H14N5O7P.Na/c1-20-11-15-5-8(12)13-3-14-9(5)16(11)10-6(17)7-4(22-10)2-21-24(18,19)23-7;/h3-4,6-7,10,17H,2H2,1H3,(H,18,19)(H2,12,13,14);/q;+1/p-1/t4-,6-,7-,10-;/m1./s1. The minimum Gasteiger partial charge on any atom is -0.756 e. The average Bonchev–Trinajstić information content (AvgIpc) is 3.06. The molecule has 0 saturated carbocycles. The van der Waals surface area contributed by atoms with Crippen LogP contribution in [-0.2, 0) is 18.3 Å². The van der Waals surface area contributed by atoms with Gasteiger partial charge in [-0.3, -0.25) is 4.57 Å². The molecule has 2 aliphatic rings. The molecule has 0 aromatic carbocycles. The quantitative estimate of drug-likeness (QED) is 0.380. The number of rotatable bonds is 2. The number of aliphatic hydroxyl groups is 1. The van der Waals surface area contributed by atoms with Gasteiger partial charge in [-0.15, -0.1) is 0 Å². The number of anilines is 1. The largest absolute Gasteiger partial charge is 1.00 e. The summed E-state index contributed by atoms with van der Waals surface area (Å²) in [7, 11) is -3.09. The summed E-state index contributed by atoms with van der Waals surface area (Å²) < 4.78 is 33.1. The second kappa shape index (κ2) is 6.72. The minimum atomic E-state index is -4.46. The van der Waals surface area contributed by atoms with Gasteiger partial charge >= 0.3 is 35.6 Å².